The number of rotatable bonds is 5. The Balaban J connectivity index is 3.09. The summed E-state index contributed by atoms with van der Waals surface area (Å²) in [4.78, 5) is 0. The molecule has 0 bridgehead atoms. The maximum atomic E-state index is 7.83. The monoisotopic (exact) mass is 193 g/mol. The fraction of sp³-hybridized carbons (Fsp3) is 0.333. The molecule has 2 N–H and O–H groups in total. The van der Waals surface area contributed by atoms with E-state index < -0.39 is 6.52 Å². The number of hydrogen-bond acceptors (Lipinski definition) is 2. The molecule has 2 nitrogen and oxygen atoms in total. The van der Waals surface area contributed by atoms with Crippen molar-refractivity contribution >= 4 is 0 Å². The first-order chi connectivity index (χ1) is 7.58. The summed E-state index contributed by atoms with van der Waals surface area (Å²) in [7, 11) is 1.59. The van der Waals surface area contributed by atoms with Crippen molar-refractivity contribution in [3.05, 3.63) is 42.0 Å². The Kier molecular flexibility index (Phi) is 3.14. The van der Waals surface area contributed by atoms with Gasteiger partial charge in [0.05, 0.1) is 8.48 Å². The van der Waals surface area contributed by atoms with Gasteiger partial charge in [0, 0.05) is 1.37 Å². The molecule has 0 amide bonds. The van der Waals surface area contributed by atoms with E-state index in [-0.39, 0.29) is 0 Å². The van der Waals surface area contributed by atoms with Crippen molar-refractivity contribution in [2.45, 2.75) is 12.8 Å². The Labute approximate surface area is 88.2 Å². The maximum absolute atomic E-state index is 7.83. The van der Waals surface area contributed by atoms with E-state index in [1.807, 2.05) is 0 Å². The van der Waals surface area contributed by atoms with Gasteiger partial charge in [-0.05, 0) is 36.6 Å². The minimum atomic E-state index is -0.695. The van der Waals surface area contributed by atoms with Crippen LogP contribution >= 0.6 is 0 Å². The van der Waals surface area contributed by atoms with Crippen LogP contribution in [0.4, 0.5) is 0 Å². The zero-order valence-corrected chi connectivity index (χ0v) is 8.42. The van der Waals surface area contributed by atoms with E-state index in [0.717, 1.165) is 16.9 Å². The summed E-state index contributed by atoms with van der Waals surface area (Å²) in [5.74, 6) is 0.728. The van der Waals surface area contributed by atoms with Crippen molar-refractivity contribution in [3.8, 4) is 5.75 Å². The molecular formula is C12H17NO. The van der Waals surface area contributed by atoms with Gasteiger partial charge in [-0.25, -0.2) is 0 Å². The Morgan fingerprint density at radius 3 is 3.14 bits per heavy atom. The molecule has 0 aromatic heterocycles. The van der Waals surface area contributed by atoms with Crippen molar-refractivity contribution < 1.29 is 7.48 Å². The summed E-state index contributed by atoms with van der Waals surface area (Å²) in [6, 6.07) is 3.94. The average Bonchev–Trinajstić information content (AvgIpc) is 2.21. The second-order valence-corrected chi connectivity index (χ2v) is 2.98. The molecule has 2 heteroatoms. The summed E-state index contributed by atoms with van der Waals surface area (Å²) in [6.45, 7) is 2.97. The summed E-state index contributed by atoms with van der Waals surface area (Å²) in [5.41, 5.74) is 7.09. The predicted octanol–water partition coefficient (Wildman–Crippen LogP) is 1.92. The average molecular weight is 193 g/mol. The molecule has 1 aromatic carbocycles. The molecule has 0 aliphatic carbocycles. The smallest absolute Gasteiger partial charge is 0.122 e. The highest BCUT2D eigenvalue weighted by molar-refractivity contribution is 5.38. The van der Waals surface area contributed by atoms with Crippen molar-refractivity contribution in [2.75, 3.05) is 13.6 Å². The highest BCUT2D eigenvalue weighted by atomic mass is 16.5. The lowest BCUT2D eigenvalue weighted by molar-refractivity contribution is 0.410. The zero-order valence-electron chi connectivity index (χ0n) is 10.4. The van der Waals surface area contributed by atoms with Crippen molar-refractivity contribution in [2.24, 2.45) is 5.73 Å². The summed E-state index contributed by atoms with van der Waals surface area (Å²) in [5, 5.41) is 0. The van der Waals surface area contributed by atoms with Gasteiger partial charge in [0.25, 0.3) is 0 Å². The number of hydrogen-bond donors (Lipinski definition) is 1. The maximum Gasteiger partial charge on any atom is 0.122 e. The molecule has 0 fully saturated rings. The Hall–Kier alpha value is -1.28. The van der Waals surface area contributed by atoms with Crippen LogP contribution in [-0.2, 0) is 12.8 Å². The lowest BCUT2D eigenvalue weighted by Crippen LogP contribution is -2.03. The van der Waals surface area contributed by atoms with E-state index in [4.69, 9.17) is 13.2 Å². The number of nitrogens with two attached hydrogens (primary N) is 1. The highest BCUT2D eigenvalue weighted by Gasteiger charge is 2.02. The van der Waals surface area contributed by atoms with Gasteiger partial charge in [0.2, 0.25) is 0 Å². The minimum absolute atomic E-state index is 0.365. The molecule has 1 unspecified atom stereocenters. The van der Waals surface area contributed by atoms with E-state index in [1.54, 1.807) is 25.3 Å². The lowest BCUT2D eigenvalue weighted by atomic mass is 10.1. The van der Waals surface area contributed by atoms with Crippen LogP contribution in [-0.4, -0.2) is 13.6 Å². The van der Waals surface area contributed by atoms with Crippen LogP contribution in [0.25, 0.3) is 0 Å². The molecule has 0 saturated carbocycles. The molecule has 0 aliphatic rings. The largest absolute Gasteiger partial charge is 0.496 e. The van der Waals surface area contributed by atoms with E-state index in [0.29, 0.717) is 18.9 Å². The molecule has 0 saturated heterocycles. The van der Waals surface area contributed by atoms with E-state index in [2.05, 4.69) is 6.58 Å². The van der Waals surface area contributed by atoms with Crippen LogP contribution in [0.5, 0.6) is 5.75 Å². The first-order valence-electron chi connectivity index (χ1n) is 5.61. The van der Waals surface area contributed by atoms with Gasteiger partial charge >= 0.3 is 0 Å². The minimum Gasteiger partial charge on any atom is -0.496 e. The van der Waals surface area contributed by atoms with Gasteiger partial charge in [-0.2, -0.15) is 0 Å². The highest BCUT2D eigenvalue weighted by Crippen LogP contribution is 2.21. The summed E-state index contributed by atoms with van der Waals surface area (Å²) < 4.78 is 20.4. The van der Waals surface area contributed by atoms with E-state index in [9.17, 15) is 0 Å². The molecule has 14 heavy (non-hydrogen) atoms. The number of aryl methyl sites for hydroxylation is 1. The molecule has 1 aromatic rings. The molecule has 1 rings (SSSR count). The lowest BCUT2D eigenvalue weighted by Gasteiger charge is -2.08. The summed E-state index contributed by atoms with van der Waals surface area (Å²) in [6.07, 6.45) is 2.80. The van der Waals surface area contributed by atoms with Crippen molar-refractivity contribution in [1.82, 2.24) is 0 Å². The first kappa shape index (κ1) is 8.06. The molecular weight excluding hydrogens is 174 g/mol. The molecule has 0 aliphatic heterocycles. The third kappa shape index (κ3) is 2.60. The number of benzene rings is 1. The van der Waals surface area contributed by atoms with Crippen LogP contribution < -0.4 is 10.5 Å². The quantitative estimate of drug-likeness (QED) is 0.725. The van der Waals surface area contributed by atoms with Crippen LogP contribution in [0.15, 0.2) is 30.8 Å². The fourth-order valence-corrected chi connectivity index (χ4v) is 1.29. The van der Waals surface area contributed by atoms with E-state index in [1.165, 1.54) is 0 Å². The number of methoxy groups -OCH3 is 1. The topological polar surface area (TPSA) is 35.2 Å². The second-order valence-electron chi connectivity index (χ2n) is 2.98. The molecule has 0 heterocycles. The zero-order chi connectivity index (χ0) is 12.1. The molecule has 0 radical (unpaired) electrons. The van der Waals surface area contributed by atoms with Gasteiger partial charge in [-0.1, -0.05) is 18.2 Å². The van der Waals surface area contributed by atoms with Crippen molar-refractivity contribution in [3.63, 3.8) is 0 Å². The third-order valence-corrected chi connectivity index (χ3v) is 1.98. The normalized spacial score (nSPS) is 14.1. The Bertz CT molecular complexity index is 378. The van der Waals surface area contributed by atoms with E-state index >= 15 is 0 Å². The van der Waals surface area contributed by atoms with Crippen LogP contribution in [0.2, 0.25) is 0 Å². The fourth-order valence-electron chi connectivity index (χ4n) is 1.29. The van der Waals surface area contributed by atoms with Gasteiger partial charge < -0.3 is 10.5 Å². The Morgan fingerprint density at radius 1 is 1.79 bits per heavy atom. The Morgan fingerprint density at radius 2 is 2.57 bits per heavy atom. The van der Waals surface area contributed by atoms with Gasteiger partial charge in [0.15, 0.2) is 0 Å². The standard InChI is InChI=1S/C12H17NO/c1-3-4-11-6-5-10(7-8-13)9-12(11)14-2/h3,5-6,9H,1,4,7-8,13H2,2H3/i5D,8D. The van der Waals surface area contributed by atoms with Crippen LogP contribution in [0.1, 0.15) is 13.9 Å². The molecule has 0 spiro atoms. The molecule has 76 valence electrons. The van der Waals surface area contributed by atoms with Crippen LogP contribution in [0, 0.1) is 0 Å². The van der Waals surface area contributed by atoms with Gasteiger partial charge in [-0.15, -0.1) is 6.58 Å². The van der Waals surface area contributed by atoms with Gasteiger partial charge in [0.1, 0.15) is 5.75 Å². The second kappa shape index (κ2) is 5.45. The third-order valence-electron chi connectivity index (χ3n) is 1.98. The molecule has 1 atom stereocenters. The number of allylic oxidation sites excluding steroid dienone is 1. The predicted molar refractivity (Wildman–Crippen MR) is 59.7 cm³/mol. The van der Waals surface area contributed by atoms with Crippen LogP contribution in [0.3, 0.4) is 0 Å². The van der Waals surface area contributed by atoms with Gasteiger partial charge in [-0.3, -0.25) is 0 Å². The first-order valence-corrected chi connectivity index (χ1v) is 4.53. The van der Waals surface area contributed by atoms with Crippen molar-refractivity contribution in [1.29, 1.82) is 0 Å². The SMILES string of the molecule is [2H]c1cc(CC=C)c(OC)cc1CC([2H])N. The number of ether oxygens (including phenoxy) is 1. The summed E-state index contributed by atoms with van der Waals surface area (Å²) >= 11 is 0.